The van der Waals surface area contributed by atoms with Crippen molar-refractivity contribution in [2.24, 2.45) is 5.73 Å². The number of aliphatic hydroxyl groups is 1. The van der Waals surface area contributed by atoms with E-state index >= 15 is 0 Å². The maximum atomic E-state index is 13.7. The minimum Gasteiger partial charge on any atom is -0.394 e. The number of nitrogens with zero attached hydrogens (tertiary/aromatic N) is 1. The molecule has 4 rings (SSSR count). The first kappa shape index (κ1) is 19.5. The lowest BCUT2D eigenvalue weighted by molar-refractivity contribution is -0.133. The van der Waals surface area contributed by atoms with Crippen LogP contribution in [0.25, 0.3) is 0 Å². The van der Waals surface area contributed by atoms with Gasteiger partial charge in [-0.25, -0.2) is 8.78 Å². The molecule has 1 aromatic rings. The number of carbonyl (C=O) groups excluding carboxylic acids is 1. The van der Waals surface area contributed by atoms with Crippen molar-refractivity contribution >= 4 is 29.4 Å². The summed E-state index contributed by atoms with van der Waals surface area (Å²) in [5, 5.41) is 9.74. The molecule has 8 heteroatoms. The molecule has 2 saturated heterocycles. The van der Waals surface area contributed by atoms with E-state index < -0.39 is 17.7 Å². The first-order chi connectivity index (χ1) is 12.9. The van der Waals surface area contributed by atoms with E-state index in [4.69, 9.17) is 5.73 Å². The Bertz CT molecular complexity index is 743. The van der Waals surface area contributed by atoms with Crippen LogP contribution < -0.4 is 5.73 Å². The molecule has 3 N–H and O–H groups in total. The average Bonchev–Trinajstić information content (AvgIpc) is 3.35. The number of fused-ring (bicyclic) bond motifs is 1. The van der Waals surface area contributed by atoms with Crippen molar-refractivity contribution in [3.63, 3.8) is 0 Å². The normalized spacial score (nSPS) is 27.3. The molecule has 0 bridgehead atoms. The number of hydrogen-bond acceptors (Lipinski definition) is 5. The van der Waals surface area contributed by atoms with Gasteiger partial charge in [0.25, 0.3) is 0 Å². The number of nitrogens with two attached hydrogens (primary N) is 1. The van der Waals surface area contributed by atoms with Gasteiger partial charge in [0.05, 0.1) is 16.7 Å². The number of halogens is 2. The molecule has 4 nitrogen and oxygen atoms in total. The number of likely N-dealkylation sites (tertiary alicyclic amines) is 1. The molecular formula is C19H24F2N2O2S2. The van der Waals surface area contributed by atoms with Crippen LogP contribution >= 0.6 is 23.5 Å². The quantitative estimate of drug-likeness (QED) is 0.792. The van der Waals surface area contributed by atoms with E-state index in [1.54, 1.807) is 4.90 Å². The number of rotatable bonds is 4. The monoisotopic (exact) mass is 414 g/mol. The summed E-state index contributed by atoms with van der Waals surface area (Å²) in [5.41, 5.74) is 7.86. The zero-order valence-electron chi connectivity index (χ0n) is 15.0. The Morgan fingerprint density at radius 1 is 1.33 bits per heavy atom. The third-order valence-electron chi connectivity index (χ3n) is 5.98. The molecule has 148 valence electrons. The summed E-state index contributed by atoms with van der Waals surface area (Å²) < 4.78 is 27.1. The third-order valence-corrected chi connectivity index (χ3v) is 9.40. The molecule has 1 spiro atoms. The molecule has 2 fully saturated rings. The lowest BCUT2D eigenvalue weighted by Crippen LogP contribution is -2.42. The highest BCUT2D eigenvalue weighted by atomic mass is 32.2. The number of amides is 1. The summed E-state index contributed by atoms with van der Waals surface area (Å²) in [6.07, 6.45) is 2.31. The van der Waals surface area contributed by atoms with Gasteiger partial charge < -0.3 is 15.7 Å². The van der Waals surface area contributed by atoms with Crippen molar-refractivity contribution in [2.75, 3.05) is 24.7 Å². The van der Waals surface area contributed by atoms with Crippen LogP contribution in [0.5, 0.6) is 0 Å². The van der Waals surface area contributed by atoms with Gasteiger partial charge in [0, 0.05) is 36.4 Å². The van der Waals surface area contributed by atoms with Crippen molar-refractivity contribution < 1.29 is 18.7 Å². The molecule has 2 aliphatic heterocycles. The Morgan fingerprint density at radius 3 is 2.74 bits per heavy atom. The first-order valence-electron chi connectivity index (χ1n) is 9.34. The zero-order chi connectivity index (χ0) is 19.2. The molecule has 1 aliphatic carbocycles. The van der Waals surface area contributed by atoms with Crippen LogP contribution in [0.15, 0.2) is 12.1 Å². The molecule has 0 radical (unpaired) electrons. The molecule has 3 aliphatic rings. The number of thioether (sulfide) groups is 2. The van der Waals surface area contributed by atoms with Crippen molar-refractivity contribution in [2.45, 2.75) is 47.8 Å². The van der Waals surface area contributed by atoms with Gasteiger partial charge in [-0.05, 0) is 42.5 Å². The summed E-state index contributed by atoms with van der Waals surface area (Å²) in [5.74, 6) is 0.257. The molecular weight excluding hydrogens is 390 g/mol. The second-order valence-electron chi connectivity index (χ2n) is 7.65. The summed E-state index contributed by atoms with van der Waals surface area (Å²) in [6, 6.07) is 1.88. The van der Waals surface area contributed by atoms with Gasteiger partial charge >= 0.3 is 0 Å². The molecule has 0 unspecified atom stereocenters. The van der Waals surface area contributed by atoms with Gasteiger partial charge in [-0.1, -0.05) is 0 Å². The fourth-order valence-corrected chi connectivity index (χ4v) is 7.95. The van der Waals surface area contributed by atoms with Gasteiger partial charge in [-0.3, -0.25) is 4.79 Å². The van der Waals surface area contributed by atoms with Crippen LogP contribution in [-0.4, -0.2) is 56.7 Å². The van der Waals surface area contributed by atoms with Crippen LogP contribution in [0.3, 0.4) is 0 Å². The highest BCUT2D eigenvalue weighted by Gasteiger charge is 2.48. The minimum absolute atomic E-state index is 0.00770. The van der Waals surface area contributed by atoms with Crippen molar-refractivity contribution in [3.05, 3.63) is 34.9 Å². The van der Waals surface area contributed by atoms with Crippen molar-refractivity contribution in [1.29, 1.82) is 0 Å². The Hall–Kier alpha value is -0.830. The maximum absolute atomic E-state index is 13.7. The van der Waals surface area contributed by atoms with Crippen LogP contribution in [0.4, 0.5) is 8.78 Å². The average molecular weight is 415 g/mol. The predicted octanol–water partition coefficient (Wildman–Crippen LogP) is 2.48. The van der Waals surface area contributed by atoms with E-state index in [1.807, 2.05) is 23.5 Å². The van der Waals surface area contributed by atoms with Gasteiger partial charge in [-0.15, -0.1) is 23.5 Å². The van der Waals surface area contributed by atoms with Crippen molar-refractivity contribution in [1.82, 2.24) is 4.90 Å². The number of benzene rings is 1. The van der Waals surface area contributed by atoms with E-state index in [-0.39, 0.29) is 35.0 Å². The van der Waals surface area contributed by atoms with E-state index in [0.717, 1.165) is 29.1 Å². The highest BCUT2D eigenvalue weighted by molar-refractivity contribution is 8.21. The molecule has 0 aromatic heterocycles. The second kappa shape index (κ2) is 7.54. The van der Waals surface area contributed by atoms with Crippen molar-refractivity contribution in [3.8, 4) is 0 Å². The highest BCUT2D eigenvalue weighted by Crippen LogP contribution is 2.51. The van der Waals surface area contributed by atoms with Crippen LogP contribution in [0.1, 0.15) is 36.3 Å². The van der Waals surface area contributed by atoms with E-state index in [1.165, 1.54) is 12.1 Å². The van der Waals surface area contributed by atoms with E-state index in [9.17, 15) is 18.7 Å². The zero-order valence-corrected chi connectivity index (χ0v) is 16.6. The lowest BCUT2D eigenvalue weighted by Gasteiger charge is -2.27. The minimum atomic E-state index is -0.865. The number of hydrogen-bond donors (Lipinski definition) is 2. The van der Waals surface area contributed by atoms with Gasteiger partial charge in [0.1, 0.15) is 0 Å². The fraction of sp³-hybridized carbons (Fsp3) is 0.632. The maximum Gasteiger partial charge on any atom is 0.224 e. The Balaban J connectivity index is 1.45. The number of carbonyl (C=O) groups is 1. The molecule has 1 amide bonds. The summed E-state index contributed by atoms with van der Waals surface area (Å²) in [6.45, 7) is 0.598. The van der Waals surface area contributed by atoms with Crippen LogP contribution in [-0.2, 0) is 11.2 Å². The van der Waals surface area contributed by atoms with E-state index in [0.29, 0.717) is 19.4 Å². The Labute approximate surface area is 166 Å². The Kier molecular flexibility index (Phi) is 5.44. The van der Waals surface area contributed by atoms with Gasteiger partial charge in [0.15, 0.2) is 11.6 Å². The SMILES string of the molecule is N[C@@H](CC(=O)N1CC2(C[C@H]1CO)SCCS2)[C@H]1CCc2cc(F)c(F)cc21. The van der Waals surface area contributed by atoms with Crippen LogP contribution in [0, 0.1) is 11.6 Å². The first-order valence-corrected chi connectivity index (χ1v) is 11.3. The Morgan fingerprint density at radius 2 is 2.04 bits per heavy atom. The third kappa shape index (κ3) is 3.61. The van der Waals surface area contributed by atoms with Crippen LogP contribution in [0.2, 0.25) is 0 Å². The number of aliphatic hydroxyl groups excluding tert-OH is 1. The molecule has 27 heavy (non-hydrogen) atoms. The van der Waals surface area contributed by atoms with E-state index in [2.05, 4.69) is 0 Å². The number of aryl methyl sites for hydroxylation is 1. The van der Waals surface area contributed by atoms with Gasteiger partial charge in [0.2, 0.25) is 5.91 Å². The molecule has 1 aromatic carbocycles. The predicted molar refractivity (Wildman–Crippen MR) is 105 cm³/mol. The fourth-order valence-electron chi connectivity index (χ4n) is 4.62. The topological polar surface area (TPSA) is 66.6 Å². The summed E-state index contributed by atoms with van der Waals surface area (Å²) >= 11 is 3.76. The molecule has 2 heterocycles. The smallest absolute Gasteiger partial charge is 0.224 e. The molecule has 3 atom stereocenters. The van der Waals surface area contributed by atoms with Gasteiger partial charge in [-0.2, -0.15) is 0 Å². The standard InChI is InChI=1S/C19H24F2N2O2S2/c20-15-5-11-1-2-13(14(11)6-16(15)21)17(22)7-18(25)23-10-19(8-12(23)9-24)26-3-4-27-19/h5-6,12-13,17,24H,1-4,7-10,22H2/t12-,13-,17-/m0/s1. The largest absolute Gasteiger partial charge is 0.394 e. The summed E-state index contributed by atoms with van der Waals surface area (Å²) in [4.78, 5) is 14.7. The molecule has 0 saturated carbocycles. The summed E-state index contributed by atoms with van der Waals surface area (Å²) in [7, 11) is 0. The second-order valence-corrected chi connectivity index (χ2v) is 10.9. The lowest BCUT2D eigenvalue weighted by atomic mass is 9.91.